The normalized spacial score (nSPS) is 12.5. The molecule has 6 heteroatoms. The third kappa shape index (κ3) is 2.54. The number of benzene rings is 1. The van der Waals surface area contributed by atoms with Gasteiger partial charge in [-0.25, -0.2) is 9.97 Å². The molecule has 0 radical (unpaired) electrons. The molecule has 1 atom stereocenters. The first-order chi connectivity index (χ1) is 9.26. The number of methoxy groups -OCH3 is 1. The van der Waals surface area contributed by atoms with E-state index in [0.717, 1.165) is 26.1 Å². The van der Waals surface area contributed by atoms with Crippen molar-refractivity contribution in [3.05, 3.63) is 34.8 Å². The molecule has 0 aliphatic carbocycles. The van der Waals surface area contributed by atoms with Crippen LogP contribution in [0.5, 0.6) is 5.75 Å². The van der Waals surface area contributed by atoms with Gasteiger partial charge in [0.15, 0.2) is 5.13 Å². The molecule has 2 aromatic heterocycles. The van der Waals surface area contributed by atoms with Crippen molar-refractivity contribution >= 4 is 38.0 Å². The highest BCUT2D eigenvalue weighted by molar-refractivity contribution is 7.22. The van der Waals surface area contributed by atoms with Crippen molar-refractivity contribution in [3.8, 4) is 5.75 Å². The summed E-state index contributed by atoms with van der Waals surface area (Å²) in [6, 6.07) is 6.08. The summed E-state index contributed by atoms with van der Waals surface area (Å²) in [7, 11) is 1.67. The first-order valence-electron chi connectivity index (χ1n) is 5.87. The summed E-state index contributed by atoms with van der Waals surface area (Å²) >= 11 is 3.27. The molecule has 0 saturated carbocycles. The van der Waals surface area contributed by atoms with Crippen LogP contribution in [-0.2, 0) is 0 Å². The number of hydrogen-bond donors (Lipinski definition) is 1. The molecule has 0 amide bonds. The van der Waals surface area contributed by atoms with Crippen LogP contribution in [0, 0.1) is 0 Å². The summed E-state index contributed by atoms with van der Waals surface area (Å²) in [6.07, 6.45) is 1.82. The Bertz CT molecular complexity index is 678. The summed E-state index contributed by atoms with van der Waals surface area (Å²) < 4.78 is 6.34. The monoisotopic (exact) mass is 291 g/mol. The number of aromatic nitrogens is 2. The lowest BCUT2D eigenvalue weighted by Gasteiger charge is -2.08. The molecule has 0 bridgehead atoms. The maximum absolute atomic E-state index is 5.22. The van der Waals surface area contributed by atoms with E-state index in [9.17, 15) is 0 Å². The van der Waals surface area contributed by atoms with Crippen LogP contribution in [0.15, 0.2) is 29.8 Å². The van der Waals surface area contributed by atoms with E-state index in [0.29, 0.717) is 0 Å². The van der Waals surface area contributed by atoms with Crippen molar-refractivity contribution in [2.75, 3.05) is 12.4 Å². The zero-order chi connectivity index (χ0) is 13.2. The van der Waals surface area contributed by atoms with Crippen molar-refractivity contribution in [3.63, 3.8) is 0 Å². The van der Waals surface area contributed by atoms with Crippen LogP contribution >= 0.6 is 22.7 Å². The highest BCUT2D eigenvalue weighted by Crippen LogP contribution is 2.31. The number of rotatable bonds is 4. The molecule has 3 aromatic rings. The highest BCUT2D eigenvalue weighted by atomic mass is 32.1. The number of hydrogen-bond acceptors (Lipinski definition) is 6. The predicted molar refractivity (Wildman–Crippen MR) is 80.3 cm³/mol. The second kappa shape index (κ2) is 5.14. The summed E-state index contributed by atoms with van der Waals surface area (Å²) in [5.41, 5.74) is 0.986. The average molecular weight is 291 g/mol. The van der Waals surface area contributed by atoms with Crippen molar-refractivity contribution in [1.82, 2.24) is 9.97 Å². The van der Waals surface area contributed by atoms with Crippen LogP contribution in [0.3, 0.4) is 0 Å². The van der Waals surface area contributed by atoms with Gasteiger partial charge in [0.2, 0.25) is 0 Å². The zero-order valence-corrected chi connectivity index (χ0v) is 12.2. The summed E-state index contributed by atoms with van der Waals surface area (Å²) in [4.78, 5) is 8.87. The number of thiazole rings is 2. The quantitative estimate of drug-likeness (QED) is 0.791. The van der Waals surface area contributed by atoms with E-state index in [1.54, 1.807) is 29.8 Å². The van der Waals surface area contributed by atoms with Gasteiger partial charge < -0.3 is 10.1 Å². The largest absolute Gasteiger partial charge is 0.497 e. The van der Waals surface area contributed by atoms with Gasteiger partial charge in [-0.3, -0.25) is 0 Å². The molecule has 0 aliphatic heterocycles. The Labute approximate surface area is 119 Å². The Morgan fingerprint density at radius 2 is 2.26 bits per heavy atom. The molecule has 19 heavy (non-hydrogen) atoms. The standard InChI is InChI=1S/C13H13N3OS2/c1-8(12-14-5-6-18-12)15-13-16-10-4-3-9(17-2)7-11(10)19-13/h3-8H,1-2H3,(H,15,16). The fourth-order valence-electron chi connectivity index (χ4n) is 1.79. The molecule has 3 rings (SSSR count). The number of nitrogens with one attached hydrogen (secondary N) is 1. The Balaban J connectivity index is 1.85. The topological polar surface area (TPSA) is 47.0 Å². The smallest absolute Gasteiger partial charge is 0.184 e. The van der Waals surface area contributed by atoms with E-state index in [1.165, 1.54) is 0 Å². The Hall–Kier alpha value is -1.66. The molecule has 0 fully saturated rings. The van der Waals surface area contributed by atoms with Crippen LogP contribution in [-0.4, -0.2) is 17.1 Å². The first-order valence-corrected chi connectivity index (χ1v) is 7.56. The zero-order valence-electron chi connectivity index (χ0n) is 10.6. The minimum atomic E-state index is 0.169. The van der Waals surface area contributed by atoms with Crippen LogP contribution in [0.25, 0.3) is 10.2 Å². The molecule has 1 unspecified atom stereocenters. The number of ether oxygens (including phenoxy) is 1. The van der Waals surface area contributed by atoms with Crippen molar-refractivity contribution in [1.29, 1.82) is 0 Å². The molecular weight excluding hydrogens is 278 g/mol. The average Bonchev–Trinajstić information content (AvgIpc) is 3.06. The minimum absolute atomic E-state index is 0.169. The molecule has 1 aromatic carbocycles. The predicted octanol–water partition coefficient (Wildman–Crippen LogP) is 3.93. The van der Waals surface area contributed by atoms with E-state index >= 15 is 0 Å². The van der Waals surface area contributed by atoms with Gasteiger partial charge >= 0.3 is 0 Å². The fourth-order valence-corrected chi connectivity index (χ4v) is 3.42. The Morgan fingerprint density at radius 3 is 3.00 bits per heavy atom. The first kappa shape index (κ1) is 12.4. The SMILES string of the molecule is COc1ccc2nc(NC(C)c3nccs3)sc2c1. The van der Waals surface area contributed by atoms with Gasteiger partial charge in [0.1, 0.15) is 10.8 Å². The van der Waals surface area contributed by atoms with Gasteiger partial charge in [0.05, 0.1) is 23.4 Å². The molecule has 0 aliphatic rings. The third-order valence-corrected chi connectivity index (χ3v) is 4.67. The molecule has 4 nitrogen and oxygen atoms in total. The van der Waals surface area contributed by atoms with Gasteiger partial charge in [-0.1, -0.05) is 11.3 Å². The van der Waals surface area contributed by atoms with E-state index in [1.807, 2.05) is 29.8 Å². The highest BCUT2D eigenvalue weighted by Gasteiger charge is 2.11. The summed E-state index contributed by atoms with van der Waals surface area (Å²) in [5.74, 6) is 0.857. The van der Waals surface area contributed by atoms with Gasteiger partial charge in [0.25, 0.3) is 0 Å². The van der Waals surface area contributed by atoms with Crippen molar-refractivity contribution in [2.24, 2.45) is 0 Å². The summed E-state index contributed by atoms with van der Waals surface area (Å²) in [5, 5.41) is 7.34. The molecule has 0 spiro atoms. The molecule has 0 saturated heterocycles. The molecule has 2 heterocycles. The second-order valence-corrected chi connectivity index (χ2v) is 6.05. The van der Waals surface area contributed by atoms with Gasteiger partial charge in [-0.05, 0) is 25.1 Å². The van der Waals surface area contributed by atoms with Crippen LogP contribution in [0.1, 0.15) is 18.0 Å². The lowest BCUT2D eigenvalue weighted by Crippen LogP contribution is -2.05. The second-order valence-electron chi connectivity index (χ2n) is 4.09. The number of nitrogens with zero attached hydrogens (tertiary/aromatic N) is 2. The van der Waals surface area contributed by atoms with E-state index < -0.39 is 0 Å². The Morgan fingerprint density at radius 1 is 1.37 bits per heavy atom. The lowest BCUT2D eigenvalue weighted by atomic mass is 10.3. The van der Waals surface area contributed by atoms with Crippen molar-refractivity contribution < 1.29 is 4.74 Å². The van der Waals surface area contributed by atoms with Crippen molar-refractivity contribution in [2.45, 2.75) is 13.0 Å². The maximum atomic E-state index is 5.22. The number of anilines is 1. The lowest BCUT2D eigenvalue weighted by molar-refractivity contribution is 0.415. The van der Waals surface area contributed by atoms with Crippen LogP contribution in [0.4, 0.5) is 5.13 Å². The fraction of sp³-hybridized carbons (Fsp3) is 0.231. The van der Waals surface area contributed by atoms with Crippen LogP contribution in [0.2, 0.25) is 0 Å². The molecule has 98 valence electrons. The molecular formula is C13H13N3OS2. The van der Waals surface area contributed by atoms with E-state index in [4.69, 9.17) is 4.74 Å². The third-order valence-electron chi connectivity index (χ3n) is 2.76. The van der Waals surface area contributed by atoms with E-state index in [2.05, 4.69) is 22.2 Å². The Kier molecular flexibility index (Phi) is 3.35. The van der Waals surface area contributed by atoms with Gasteiger partial charge in [-0.15, -0.1) is 11.3 Å². The maximum Gasteiger partial charge on any atom is 0.184 e. The van der Waals surface area contributed by atoms with Gasteiger partial charge in [-0.2, -0.15) is 0 Å². The van der Waals surface area contributed by atoms with Gasteiger partial charge in [0, 0.05) is 11.6 Å². The summed E-state index contributed by atoms with van der Waals surface area (Å²) in [6.45, 7) is 2.09. The van der Waals surface area contributed by atoms with Crippen LogP contribution < -0.4 is 10.1 Å². The number of fused-ring (bicyclic) bond motifs is 1. The minimum Gasteiger partial charge on any atom is -0.497 e. The molecule has 1 N–H and O–H groups in total. The van der Waals surface area contributed by atoms with E-state index in [-0.39, 0.29) is 6.04 Å².